The number of urea groups is 1. The quantitative estimate of drug-likeness (QED) is 0.321. The van der Waals surface area contributed by atoms with E-state index in [1.54, 1.807) is 24.3 Å². The molecule has 3 saturated heterocycles. The zero-order valence-corrected chi connectivity index (χ0v) is 26.2. The molecule has 12 nitrogen and oxygen atoms in total. The van der Waals surface area contributed by atoms with Gasteiger partial charge in [-0.25, -0.2) is 19.4 Å². The fraction of sp³-hybridized carbons (Fsp3) is 0.438. The summed E-state index contributed by atoms with van der Waals surface area (Å²) in [4.78, 5) is 31.3. The van der Waals surface area contributed by atoms with Crippen LogP contribution in [0.3, 0.4) is 0 Å². The van der Waals surface area contributed by atoms with E-state index in [0.29, 0.717) is 41.4 Å². The van der Waals surface area contributed by atoms with Gasteiger partial charge in [-0.3, -0.25) is 0 Å². The lowest BCUT2D eigenvalue weighted by atomic mass is 10.0. The van der Waals surface area contributed by atoms with E-state index < -0.39 is 18.8 Å². The highest BCUT2D eigenvalue weighted by Gasteiger charge is 2.39. The molecule has 2 aromatic carbocycles. The van der Waals surface area contributed by atoms with Gasteiger partial charge < -0.3 is 35.0 Å². The van der Waals surface area contributed by atoms with E-state index in [4.69, 9.17) is 9.72 Å². The molecule has 0 aliphatic carbocycles. The number of benzene rings is 2. The Morgan fingerprint density at radius 2 is 1.49 bits per heavy atom. The predicted octanol–water partition coefficient (Wildman–Crippen LogP) is 3.97. The first-order valence-corrected chi connectivity index (χ1v) is 15.7. The van der Waals surface area contributed by atoms with E-state index in [9.17, 15) is 18.0 Å². The summed E-state index contributed by atoms with van der Waals surface area (Å²) in [6, 6.07) is 14.2. The van der Waals surface area contributed by atoms with Crippen molar-refractivity contribution in [3.8, 4) is 11.4 Å². The van der Waals surface area contributed by atoms with Crippen molar-refractivity contribution in [1.29, 1.82) is 0 Å². The lowest BCUT2D eigenvalue weighted by Gasteiger charge is -2.49. The summed E-state index contributed by atoms with van der Waals surface area (Å²) in [5.74, 6) is 0.816. The van der Waals surface area contributed by atoms with Crippen molar-refractivity contribution in [2.75, 3.05) is 87.0 Å². The van der Waals surface area contributed by atoms with Gasteiger partial charge in [0.1, 0.15) is 12.4 Å². The van der Waals surface area contributed by atoms with Crippen LogP contribution in [0.1, 0.15) is 0 Å². The predicted molar refractivity (Wildman–Crippen MR) is 174 cm³/mol. The molecule has 2 bridgehead atoms. The number of alkyl halides is 3. The Balaban J connectivity index is 1.10. The van der Waals surface area contributed by atoms with Crippen LogP contribution in [0.25, 0.3) is 22.4 Å². The SMILES string of the molecule is CN1CCN(c2ccc(NC(=O)Nc3ccc(-c4nc(N5C6COCC5CN(C)C6)c5cnn(CC(F)(F)F)c5n4)cc3)cc2)CC1. The van der Waals surface area contributed by atoms with Gasteiger partial charge in [-0.1, -0.05) is 0 Å². The number of morpholine rings is 1. The Bertz CT molecular complexity index is 1710. The maximum atomic E-state index is 13.5. The average Bonchev–Trinajstić information content (AvgIpc) is 3.42. The highest BCUT2D eigenvalue weighted by Crippen LogP contribution is 2.34. The van der Waals surface area contributed by atoms with Gasteiger partial charge in [0.25, 0.3) is 0 Å². The Kier molecular flexibility index (Phi) is 8.36. The van der Waals surface area contributed by atoms with Crippen molar-refractivity contribution in [1.82, 2.24) is 29.5 Å². The number of carbonyl (C=O) groups excluding carboxylic acids is 1. The molecule has 3 aliphatic heterocycles. The Morgan fingerprint density at radius 1 is 0.872 bits per heavy atom. The fourth-order valence-corrected chi connectivity index (χ4v) is 6.59. The van der Waals surface area contributed by atoms with Crippen LogP contribution in [0.4, 0.5) is 40.8 Å². The number of piperazine rings is 2. The van der Waals surface area contributed by atoms with Gasteiger partial charge in [-0.05, 0) is 62.6 Å². The van der Waals surface area contributed by atoms with Gasteiger partial charge in [0.2, 0.25) is 0 Å². The molecular formula is C32H37F3N10O2. The second kappa shape index (κ2) is 12.6. The van der Waals surface area contributed by atoms with E-state index in [-0.39, 0.29) is 23.6 Å². The summed E-state index contributed by atoms with van der Waals surface area (Å²) < 4.78 is 47.1. The van der Waals surface area contributed by atoms with Crippen molar-refractivity contribution >= 4 is 39.9 Å². The number of nitrogens with zero attached hydrogens (tertiary/aromatic N) is 8. The van der Waals surface area contributed by atoms with E-state index in [0.717, 1.165) is 49.6 Å². The van der Waals surface area contributed by atoms with Crippen LogP contribution >= 0.6 is 0 Å². The molecule has 248 valence electrons. The van der Waals surface area contributed by atoms with Gasteiger partial charge >= 0.3 is 12.2 Å². The highest BCUT2D eigenvalue weighted by molar-refractivity contribution is 6.00. The number of aromatic nitrogens is 4. The van der Waals surface area contributed by atoms with E-state index in [2.05, 4.69) is 47.4 Å². The molecule has 2 N–H and O–H groups in total. The standard InChI is InChI=1S/C32H37F3N10O2/c1-41-11-13-43(14-12-41)24-9-7-23(8-10-24)38-31(46)37-22-5-3-21(4-6-22)28-39-29-27(15-36-44(29)20-32(33,34)35)30(40-28)45-25-16-42(2)17-26(45)19-47-18-25/h3-10,15,25-26H,11-14,16-20H2,1-2H3,(H2,37,38,46). The fourth-order valence-electron chi connectivity index (χ4n) is 6.59. The van der Waals surface area contributed by atoms with Crippen LogP contribution in [0, 0.1) is 0 Å². The smallest absolute Gasteiger partial charge is 0.377 e. The summed E-state index contributed by atoms with van der Waals surface area (Å²) in [5, 5.41) is 10.2. The molecule has 5 heterocycles. The molecule has 3 aliphatic rings. The summed E-state index contributed by atoms with van der Waals surface area (Å²) in [5.41, 5.74) is 3.03. The topological polar surface area (TPSA) is 107 Å². The lowest BCUT2D eigenvalue weighted by molar-refractivity contribution is -0.141. The van der Waals surface area contributed by atoms with Crippen LogP contribution < -0.4 is 20.4 Å². The van der Waals surface area contributed by atoms with Crippen LogP contribution in [0.15, 0.2) is 54.7 Å². The molecule has 3 fully saturated rings. The summed E-state index contributed by atoms with van der Waals surface area (Å²) in [6.45, 7) is 5.13. The first kappa shape index (κ1) is 31.1. The molecule has 2 unspecified atom stereocenters. The first-order valence-electron chi connectivity index (χ1n) is 15.7. The molecule has 4 aromatic rings. The number of ether oxygens (including phenoxy) is 1. The van der Waals surface area contributed by atoms with Crippen molar-refractivity contribution < 1.29 is 22.7 Å². The molecule has 15 heteroatoms. The molecule has 0 saturated carbocycles. The highest BCUT2D eigenvalue weighted by atomic mass is 19.4. The maximum absolute atomic E-state index is 13.5. The number of rotatable bonds is 6. The van der Waals surface area contributed by atoms with Crippen molar-refractivity contribution in [3.63, 3.8) is 0 Å². The average molecular weight is 651 g/mol. The number of likely N-dealkylation sites (N-methyl/N-ethyl adjacent to an activating group) is 2. The van der Waals surface area contributed by atoms with Crippen molar-refractivity contribution in [2.24, 2.45) is 0 Å². The minimum atomic E-state index is -4.47. The maximum Gasteiger partial charge on any atom is 0.408 e. The molecule has 47 heavy (non-hydrogen) atoms. The van der Waals surface area contributed by atoms with Gasteiger partial charge in [0.05, 0.1) is 36.9 Å². The Labute approximate surface area is 270 Å². The third kappa shape index (κ3) is 6.82. The largest absolute Gasteiger partial charge is 0.408 e. The normalized spacial score (nSPS) is 20.9. The zero-order valence-electron chi connectivity index (χ0n) is 26.2. The van der Waals surface area contributed by atoms with Crippen molar-refractivity contribution in [3.05, 3.63) is 54.7 Å². The number of carbonyl (C=O) groups is 1. The third-order valence-corrected chi connectivity index (χ3v) is 8.90. The van der Waals surface area contributed by atoms with Crippen molar-refractivity contribution in [2.45, 2.75) is 24.8 Å². The lowest BCUT2D eigenvalue weighted by Crippen LogP contribution is -2.64. The zero-order chi connectivity index (χ0) is 32.7. The Morgan fingerprint density at radius 3 is 2.11 bits per heavy atom. The summed E-state index contributed by atoms with van der Waals surface area (Å²) in [7, 11) is 4.17. The molecule has 7 rings (SSSR count). The third-order valence-electron chi connectivity index (χ3n) is 8.90. The molecule has 0 radical (unpaired) electrons. The van der Waals surface area contributed by atoms with Gasteiger partial charge in [-0.2, -0.15) is 18.3 Å². The Hall–Kier alpha value is -4.47. The van der Waals surface area contributed by atoms with E-state index >= 15 is 0 Å². The van der Waals surface area contributed by atoms with E-state index in [1.807, 2.05) is 31.3 Å². The second-order valence-electron chi connectivity index (χ2n) is 12.5. The molecule has 2 amide bonds. The molecule has 0 spiro atoms. The van der Waals surface area contributed by atoms with Gasteiger partial charge in [0, 0.05) is 61.9 Å². The minimum absolute atomic E-state index is 0.0162. The second-order valence-corrected chi connectivity index (χ2v) is 12.5. The summed E-state index contributed by atoms with van der Waals surface area (Å²) >= 11 is 0. The number of hydrogen-bond acceptors (Lipinski definition) is 9. The van der Waals surface area contributed by atoms with Crippen LogP contribution in [0.5, 0.6) is 0 Å². The molecule has 2 atom stereocenters. The molecule has 2 aromatic heterocycles. The number of hydrogen-bond donors (Lipinski definition) is 2. The van der Waals surface area contributed by atoms with Crippen LogP contribution in [-0.2, 0) is 11.3 Å². The number of amides is 2. The number of fused-ring (bicyclic) bond motifs is 3. The van der Waals surface area contributed by atoms with E-state index in [1.165, 1.54) is 6.20 Å². The number of nitrogens with one attached hydrogen (secondary N) is 2. The van der Waals surface area contributed by atoms with Crippen LogP contribution in [-0.4, -0.2) is 120 Å². The minimum Gasteiger partial charge on any atom is -0.377 e. The number of anilines is 4. The van der Waals surface area contributed by atoms with Gasteiger partial charge in [0.15, 0.2) is 11.5 Å². The monoisotopic (exact) mass is 650 g/mol. The first-order chi connectivity index (χ1) is 22.6. The number of halogens is 3. The molecular weight excluding hydrogens is 613 g/mol. The van der Waals surface area contributed by atoms with Gasteiger partial charge in [-0.15, -0.1) is 0 Å². The van der Waals surface area contributed by atoms with Crippen LogP contribution in [0.2, 0.25) is 0 Å². The summed E-state index contributed by atoms with van der Waals surface area (Å²) in [6.07, 6.45) is -3.05.